The van der Waals surface area contributed by atoms with E-state index >= 15 is 0 Å². The highest BCUT2D eigenvalue weighted by Crippen LogP contribution is 2.38. The van der Waals surface area contributed by atoms with Gasteiger partial charge in [0.2, 0.25) is 0 Å². The number of fused-ring (bicyclic) bond motifs is 2. The van der Waals surface area contributed by atoms with Crippen molar-refractivity contribution in [2.24, 2.45) is 18.7 Å². The fourth-order valence-corrected chi connectivity index (χ4v) is 7.00. The van der Waals surface area contributed by atoms with Crippen molar-refractivity contribution in [3.8, 4) is 28.5 Å². The first-order valence-electron chi connectivity index (χ1n) is 16.1. The number of amides is 3. The molecule has 2 aliphatic heterocycles. The van der Waals surface area contributed by atoms with Crippen LogP contribution in [-0.4, -0.2) is 74.9 Å². The Balaban J connectivity index is 1.18. The summed E-state index contributed by atoms with van der Waals surface area (Å²) in [6, 6.07) is 17.3. The minimum Gasteiger partial charge on any atom is -0.494 e. The van der Waals surface area contributed by atoms with E-state index in [4.69, 9.17) is 20.4 Å². The van der Waals surface area contributed by atoms with E-state index in [2.05, 4.69) is 27.3 Å². The number of likely N-dealkylation sites (tertiary alicyclic amines) is 1. The molecule has 0 spiro atoms. The summed E-state index contributed by atoms with van der Waals surface area (Å²) in [7, 11) is 3.53. The van der Waals surface area contributed by atoms with Gasteiger partial charge in [-0.3, -0.25) is 4.79 Å². The van der Waals surface area contributed by atoms with Gasteiger partial charge in [0.15, 0.2) is 5.82 Å². The number of hydrogen-bond donors (Lipinski definition) is 3. The largest absolute Gasteiger partial charge is 0.494 e. The molecule has 4 N–H and O–H groups in total. The molecule has 5 heterocycles. The molecule has 11 nitrogen and oxygen atoms in total. The van der Waals surface area contributed by atoms with Gasteiger partial charge in [0.05, 0.1) is 36.6 Å². The molecule has 1 unspecified atom stereocenters. The van der Waals surface area contributed by atoms with Crippen LogP contribution in [0.2, 0.25) is 0 Å². The first kappa shape index (κ1) is 29.4. The van der Waals surface area contributed by atoms with Crippen LogP contribution in [0.5, 0.6) is 5.75 Å². The van der Waals surface area contributed by atoms with Gasteiger partial charge in [-0.15, -0.1) is 0 Å². The maximum Gasteiger partial charge on any atom is 0.315 e. The number of nitrogens with one attached hydrogen (secondary N) is 2. The molecule has 0 radical (unpaired) electrons. The Morgan fingerprint density at radius 1 is 1.09 bits per heavy atom. The third kappa shape index (κ3) is 5.36. The molecular weight excluding hydrogens is 599 g/mol. The van der Waals surface area contributed by atoms with Crippen molar-refractivity contribution in [2.45, 2.75) is 44.1 Å². The number of halogens is 1. The monoisotopic (exact) mass is 636 g/mol. The number of ether oxygens (including phenoxy) is 1. The number of alkyl halides is 1. The Hall–Kier alpha value is -4.97. The van der Waals surface area contributed by atoms with E-state index < -0.39 is 12.2 Å². The van der Waals surface area contributed by atoms with Gasteiger partial charge in [0.1, 0.15) is 23.1 Å². The van der Waals surface area contributed by atoms with Gasteiger partial charge in [0.25, 0.3) is 5.91 Å². The number of benzene rings is 2. The van der Waals surface area contributed by atoms with Crippen LogP contribution in [0.3, 0.4) is 0 Å². The highest BCUT2D eigenvalue weighted by Gasteiger charge is 2.31. The molecule has 2 saturated heterocycles. The van der Waals surface area contributed by atoms with Crippen molar-refractivity contribution in [1.29, 1.82) is 0 Å². The van der Waals surface area contributed by atoms with Gasteiger partial charge in [0, 0.05) is 49.2 Å². The van der Waals surface area contributed by atoms with Crippen molar-refractivity contribution < 1.29 is 18.7 Å². The second-order valence-electron chi connectivity index (χ2n) is 13.1. The number of piperidine rings is 1. The zero-order chi connectivity index (χ0) is 32.4. The van der Waals surface area contributed by atoms with Gasteiger partial charge in [-0.25, -0.2) is 19.2 Å². The number of urea groups is 1. The van der Waals surface area contributed by atoms with Crippen LogP contribution in [0, 0.1) is 5.92 Å². The number of aromatic nitrogens is 4. The molecular formula is C35H37FN8O3. The lowest BCUT2D eigenvalue weighted by atomic mass is 10.0. The summed E-state index contributed by atoms with van der Waals surface area (Å²) in [6.07, 6.45) is 1.46. The van der Waals surface area contributed by atoms with E-state index in [9.17, 15) is 14.0 Å². The standard InChI is InChI=1S/C35H37FN8O3/c1-42-31-27(11-23(13-30(31)47-2)34(45)43-17-24(36)14-25(37)18-43)40-33(42)29-12-22-9-10-26(39-32(22)44(29)16-19-3-4-19)20-5-7-21(8-6-20)28-15-38-35(46)41-28/h5-13,19,24-25,28H,3-4,14-18,37H2,1-2H3,(H2,38,41,46)/t24-,25-,28?/m1/s1. The molecule has 1 saturated carbocycles. The molecule has 12 heteroatoms. The van der Waals surface area contributed by atoms with E-state index in [1.807, 2.05) is 41.9 Å². The summed E-state index contributed by atoms with van der Waals surface area (Å²) in [4.78, 5) is 36.8. The van der Waals surface area contributed by atoms with Crippen LogP contribution < -0.4 is 21.1 Å². The number of rotatable bonds is 7. The molecule has 3 aromatic heterocycles. The molecule has 47 heavy (non-hydrogen) atoms. The Kier molecular flexibility index (Phi) is 7.12. The van der Waals surface area contributed by atoms with Crippen molar-refractivity contribution in [3.05, 3.63) is 65.7 Å². The Morgan fingerprint density at radius 2 is 1.89 bits per heavy atom. The van der Waals surface area contributed by atoms with E-state index in [0.29, 0.717) is 35.8 Å². The number of imidazole rings is 1. The quantitative estimate of drug-likeness (QED) is 0.240. The van der Waals surface area contributed by atoms with Crippen LogP contribution in [0.4, 0.5) is 9.18 Å². The summed E-state index contributed by atoms with van der Waals surface area (Å²) >= 11 is 0. The van der Waals surface area contributed by atoms with Crippen LogP contribution in [0.15, 0.2) is 54.6 Å². The van der Waals surface area contributed by atoms with Crippen molar-refractivity contribution in [1.82, 2.24) is 34.6 Å². The second kappa shape index (κ2) is 11.4. The Bertz CT molecular complexity index is 2020. The third-order valence-electron chi connectivity index (χ3n) is 9.61. The average molecular weight is 637 g/mol. The number of methoxy groups -OCH3 is 1. The minimum absolute atomic E-state index is 0.0248. The first-order valence-corrected chi connectivity index (χ1v) is 16.1. The molecule has 242 valence electrons. The van der Waals surface area contributed by atoms with Crippen LogP contribution in [0.25, 0.3) is 44.8 Å². The van der Waals surface area contributed by atoms with E-state index in [-0.39, 0.29) is 30.9 Å². The minimum atomic E-state index is -1.14. The summed E-state index contributed by atoms with van der Waals surface area (Å²) in [5.74, 6) is 1.55. The molecule has 2 aromatic carbocycles. The Morgan fingerprint density at radius 3 is 2.60 bits per heavy atom. The number of carbonyl (C=O) groups is 2. The van der Waals surface area contributed by atoms with Gasteiger partial charge in [-0.05, 0) is 61.1 Å². The maximum atomic E-state index is 14.3. The number of nitrogens with zero attached hydrogens (tertiary/aromatic N) is 5. The van der Waals surface area contributed by atoms with Crippen molar-refractivity contribution in [3.63, 3.8) is 0 Å². The zero-order valence-corrected chi connectivity index (χ0v) is 26.4. The third-order valence-corrected chi connectivity index (χ3v) is 9.61. The SMILES string of the molecule is COc1cc(C(=O)N2C[C@H](N)C[C@@H](F)C2)cc2nc(-c3cc4ccc(-c5ccc(C6CNC(=O)N6)cc5)nc4n3CC3CC3)n(C)c12. The first-order chi connectivity index (χ1) is 22.7. The van der Waals surface area contributed by atoms with Gasteiger partial charge < -0.3 is 35.1 Å². The smallest absolute Gasteiger partial charge is 0.315 e. The predicted molar refractivity (Wildman–Crippen MR) is 177 cm³/mol. The highest BCUT2D eigenvalue weighted by atomic mass is 19.1. The lowest BCUT2D eigenvalue weighted by Gasteiger charge is -2.33. The number of carbonyl (C=O) groups excluding carboxylic acids is 2. The van der Waals surface area contributed by atoms with Crippen molar-refractivity contribution >= 4 is 34.0 Å². The number of hydrogen-bond acceptors (Lipinski definition) is 6. The van der Waals surface area contributed by atoms with E-state index in [0.717, 1.165) is 51.4 Å². The van der Waals surface area contributed by atoms with Crippen LogP contribution >= 0.6 is 0 Å². The molecule has 8 rings (SSSR count). The lowest BCUT2D eigenvalue weighted by Crippen LogP contribution is -2.50. The molecule has 3 amide bonds. The number of pyridine rings is 1. The molecule has 3 aliphatic rings. The van der Waals surface area contributed by atoms with Gasteiger partial charge >= 0.3 is 6.03 Å². The van der Waals surface area contributed by atoms with Gasteiger partial charge in [-0.2, -0.15) is 0 Å². The highest BCUT2D eigenvalue weighted by molar-refractivity contribution is 6.00. The summed E-state index contributed by atoms with van der Waals surface area (Å²) in [5, 5.41) is 6.75. The summed E-state index contributed by atoms with van der Waals surface area (Å²) < 4.78 is 24.3. The number of nitrogens with two attached hydrogens (primary N) is 1. The number of aryl methyl sites for hydroxylation is 1. The molecule has 3 atom stereocenters. The average Bonchev–Trinajstić information content (AvgIpc) is 3.53. The zero-order valence-electron chi connectivity index (χ0n) is 26.4. The molecule has 5 aromatic rings. The van der Waals surface area contributed by atoms with Gasteiger partial charge in [-0.1, -0.05) is 24.3 Å². The normalized spacial score (nSPS) is 21.3. The molecule has 3 fully saturated rings. The molecule has 0 bridgehead atoms. The summed E-state index contributed by atoms with van der Waals surface area (Å²) in [5.41, 5.74) is 12.5. The van der Waals surface area contributed by atoms with Crippen LogP contribution in [0.1, 0.15) is 41.2 Å². The van der Waals surface area contributed by atoms with Crippen molar-refractivity contribution in [2.75, 3.05) is 26.7 Å². The topological polar surface area (TPSA) is 132 Å². The van der Waals surface area contributed by atoms with E-state index in [1.54, 1.807) is 19.2 Å². The second-order valence-corrected chi connectivity index (χ2v) is 13.1. The van der Waals surface area contributed by atoms with Crippen LogP contribution in [-0.2, 0) is 13.6 Å². The fourth-order valence-electron chi connectivity index (χ4n) is 7.00. The predicted octanol–water partition coefficient (Wildman–Crippen LogP) is 4.54. The fraction of sp³-hybridized carbons (Fsp3) is 0.371. The van der Waals surface area contributed by atoms with E-state index in [1.165, 1.54) is 17.7 Å². The summed E-state index contributed by atoms with van der Waals surface area (Å²) in [6.45, 7) is 1.73. The lowest BCUT2D eigenvalue weighted by molar-refractivity contribution is 0.0606. The Labute approximate surface area is 270 Å². The molecule has 1 aliphatic carbocycles. The maximum absolute atomic E-state index is 14.3.